The summed E-state index contributed by atoms with van der Waals surface area (Å²) in [7, 11) is 1.77. The number of nitrogens with one attached hydrogen (secondary N) is 1. The van der Waals surface area contributed by atoms with E-state index in [1.54, 1.807) is 17.7 Å². The molecule has 4 heteroatoms. The van der Waals surface area contributed by atoms with Crippen molar-refractivity contribution in [1.29, 1.82) is 0 Å². The first-order valence-electron chi connectivity index (χ1n) is 7.30. The van der Waals surface area contributed by atoms with Crippen LogP contribution in [-0.2, 0) is 7.05 Å². The number of para-hydroxylation sites is 1. The second kappa shape index (κ2) is 5.64. The lowest BCUT2D eigenvalue weighted by Gasteiger charge is -2.20. The van der Waals surface area contributed by atoms with Gasteiger partial charge in [-0.2, -0.15) is 0 Å². The molecule has 1 N–H and O–H groups in total. The summed E-state index contributed by atoms with van der Waals surface area (Å²) >= 11 is 0. The first-order chi connectivity index (χ1) is 10.1. The van der Waals surface area contributed by atoms with Crippen LogP contribution in [0.5, 0.6) is 5.75 Å². The maximum Gasteiger partial charge on any atom is 0.250 e. The van der Waals surface area contributed by atoms with Crippen LogP contribution in [-0.4, -0.2) is 11.2 Å². The highest BCUT2D eigenvalue weighted by molar-refractivity contribution is 5.49. The first-order valence-corrected chi connectivity index (χ1v) is 7.30. The van der Waals surface area contributed by atoms with Crippen LogP contribution in [0.25, 0.3) is 0 Å². The highest BCUT2D eigenvalue weighted by Crippen LogP contribution is 2.35. The van der Waals surface area contributed by atoms with E-state index in [2.05, 4.69) is 30.4 Å². The quantitative estimate of drug-likeness (QED) is 0.922. The second-order valence-electron chi connectivity index (χ2n) is 5.55. The molecular formula is C17H20N2O2. The maximum absolute atomic E-state index is 11.5. The largest absolute Gasteiger partial charge is 0.493 e. The molecule has 0 saturated heterocycles. The van der Waals surface area contributed by atoms with Gasteiger partial charge in [-0.05, 0) is 31.4 Å². The predicted octanol–water partition coefficient (Wildman–Crippen LogP) is 3.02. The van der Waals surface area contributed by atoms with E-state index in [1.165, 1.54) is 11.1 Å². The zero-order valence-electron chi connectivity index (χ0n) is 12.4. The number of nitrogens with zero attached hydrogens (tertiary/aromatic N) is 1. The highest BCUT2D eigenvalue weighted by atomic mass is 16.5. The molecule has 1 aromatic heterocycles. The van der Waals surface area contributed by atoms with E-state index in [-0.39, 0.29) is 11.6 Å². The summed E-state index contributed by atoms with van der Waals surface area (Å²) < 4.78 is 7.48. The van der Waals surface area contributed by atoms with Crippen LogP contribution in [0, 0.1) is 6.92 Å². The molecule has 4 nitrogen and oxygen atoms in total. The van der Waals surface area contributed by atoms with Crippen molar-refractivity contribution in [1.82, 2.24) is 4.57 Å². The first kappa shape index (κ1) is 13.7. The number of benzene rings is 1. The van der Waals surface area contributed by atoms with Gasteiger partial charge in [0.25, 0.3) is 0 Å². The second-order valence-corrected chi connectivity index (χ2v) is 5.55. The smallest absolute Gasteiger partial charge is 0.250 e. The van der Waals surface area contributed by atoms with Crippen molar-refractivity contribution in [2.75, 3.05) is 11.9 Å². The van der Waals surface area contributed by atoms with Gasteiger partial charge >= 0.3 is 0 Å². The molecule has 21 heavy (non-hydrogen) atoms. The minimum atomic E-state index is 0.000921. The molecule has 110 valence electrons. The van der Waals surface area contributed by atoms with Crippen molar-refractivity contribution in [3.05, 3.63) is 58.0 Å². The topological polar surface area (TPSA) is 43.3 Å². The molecular weight excluding hydrogens is 264 g/mol. The normalized spacial score (nSPS) is 17.5. The van der Waals surface area contributed by atoms with E-state index in [0.717, 1.165) is 30.9 Å². The summed E-state index contributed by atoms with van der Waals surface area (Å²) in [4.78, 5) is 11.5. The van der Waals surface area contributed by atoms with Gasteiger partial charge in [-0.15, -0.1) is 0 Å². The van der Waals surface area contributed by atoms with E-state index in [1.807, 2.05) is 12.3 Å². The van der Waals surface area contributed by atoms with Gasteiger partial charge in [-0.1, -0.05) is 18.2 Å². The summed E-state index contributed by atoms with van der Waals surface area (Å²) in [5.41, 5.74) is 3.32. The number of aryl methyl sites for hydroxylation is 2. The van der Waals surface area contributed by atoms with Gasteiger partial charge in [0.05, 0.1) is 18.3 Å². The van der Waals surface area contributed by atoms with Crippen molar-refractivity contribution in [3.8, 4) is 5.75 Å². The molecule has 0 amide bonds. The van der Waals surface area contributed by atoms with Crippen LogP contribution < -0.4 is 15.6 Å². The molecule has 0 spiro atoms. The maximum atomic E-state index is 11.5. The number of rotatable bonds is 2. The monoisotopic (exact) mass is 284 g/mol. The zero-order valence-corrected chi connectivity index (χ0v) is 12.4. The number of pyridine rings is 1. The van der Waals surface area contributed by atoms with Gasteiger partial charge < -0.3 is 14.6 Å². The van der Waals surface area contributed by atoms with Gasteiger partial charge in [-0.25, -0.2) is 0 Å². The summed E-state index contributed by atoms with van der Waals surface area (Å²) in [6.07, 6.45) is 3.86. The van der Waals surface area contributed by atoms with Crippen LogP contribution in [0.3, 0.4) is 0 Å². The number of fused-ring (bicyclic) bond motifs is 1. The molecule has 0 saturated carbocycles. The van der Waals surface area contributed by atoms with Crippen LogP contribution in [0.1, 0.15) is 30.0 Å². The van der Waals surface area contributed by atoms with Crippen molar-refractivity contribution in [2.24, 2.45) is 7.05 Å². The Bertz CT molecular complexity index is 706. The van der Waals surface area contributed by atoms with Crippen molar-refractivity contribution in [3.63, 3.8) is 0 Å². The number of aromatic nitrogens is 1. The van der Waals surface area contributed by atoms with E-state index in [0.29, 0.717) is 0 Å². The Morgan fingerprint density at radius 1 is 1.29 bits per heavy atom. The van der Waals surface area contributed by atoms with Crippen LogP contribution in [0.15, 0.2) is 41.3 Å². The van der Waals surface area contributed by atoms with Gasteiger partial charge in [0.15, 0.2) is 0 Å². The molecule has 3 rings (SSSR count). The average Bonchev–Trinajstić information content (AvgIpc) is 2.67. The fraction of sp³-hybridized carbons (Fsp3) is 0.353. The number of anilines is 1. The SMILES string of the molecule is Cc1cccc2c1OCCCC2Nc1ccc(=O)n(C)c1. The Kier molecular flexibility index (Phi) is 3.69. The van der Waals surface area contributed by atoms with Crippen molar-refractivity contribution in [2.45, 2.75) is 25.8 Å². The summed E-state index contributed by atoms with van der Waals surface area (Å²) in [5, 5.41) is 3.53. The lowest BCUT2D eigenvalue weighted by molar-refractivity contribution is 0.314. The fourth-order valence-electron chi connectivity index (χ4n) is 2.79. The minimum absolute atomic E-state index is 0.000921. The molecule has 0 bridgehead atoms. The third-order valence-electron chi connectivity index (χ3n) is 3.93. The molecule has 1 aliphatic rings. The Morgan fingerprint density at radius 2 is 2.14 bits per heavy atom. The molecule has 1 unspecified atom stereocenters. The van der Waals surface area contributed by atoms with Crippen LogP contribution in [0.2, 0.25) is 0 Å². The zero-order chi connectivity index (χ0) is 14.8. The molecule has 0 radical (unpaired) electrons. The Labute approximate surface area is 124 Å². The minimum Gasteiger partial charge on any atom is -0.493 e. The van der Waals surface area contributed by atoms with E-state index < -0.39 is 0 Å². The standard InChI is InChI=1S/C17H20N2O2/c1-12-5-3-6-14-15(7-4-10-21-17(12)14)18-13-8-9-16(20)19(2)11-13/h3,5-6,8-9,11,15,18H,4,7,10H2,1-2H3. The number of hydrogen-bond acceptors (Lipinski definition) is 3. The van der Waals surface area contributed by atoms with Gasteiger partial charge in [0, 0.05) is 24.9 Å². The fourth-order valence-corrected chi connectivity index (χ4v) is 2.79. The number of ether oxygens (including phenoxy) is 1. The summed E-state index contributed by atoms with van der Waals surface area (Å²) in [6, 6.07) is 9.90. The van der Waals surface area contributed by atoms with Crippen LogP contribution >= 0.6 is 0 Å². The van der Waals surface area contributed by atoms with Gasteiger partial charge in [-0.3, -0.25) is 4.79 Å². The number of hydrogen-bond donors (Lipinski definition) is 1. The molecule has 0 fully saturated rings. The third-order valence-corrected chi connectivity index (χ3v) is 3.93. The van der Waals surface area contributed by atoms with Gasteiger partial charge in [0.2, 0.25) is 5.56 Å². The summed E-state index contributed by atoms with van der Waals surface area (Å²) in [6.45, 7) is 2.83. The Morgan fingerprint density at radius 3 is 2.95 bits per heavy atom. The molecule has 1 aromatic carbocycles. The van der Waals surface area contributed by atoms with Gasteiger partial charge in [0.1, 0.15) is 5.75 Å². The Hall–Kier alpha value is -2.23. The molecule has 1 aliphatic heterocycles. The van der Waals surface area contributed by atoms with Crippen LogP contribution in [0.4, 0.5) is 5.69 Å². The molecule has 0 aliphatic carbocycles. The van der Waals surface area contributed by atoms with Crippen molar-refractivity contribution < 1.29 is 4.74 Å². The Balaban J connectivity index is 1.93. The lowest BCUT2D eigenvalue weighted by atomic mass is 9.99. The van der Waals surface area contributed by atoms with E-state index in [9.17, 15) is 4.79 Å². The molecule has 2 heterocycles. The van der Waals surface area contributed by atoms with E-state index >= 15 is 0 Å². The predicted molar refractivity (Wildman–Crippen MR) is 84.0 cm³/mol. The van der Waals surface area contributed by atoms with E-state index in [4.69, 9.17) is 4.74 Å². The third kappa shape index (κ3) is 2.79. The lowest BCUT2D eigenvalue weighted by Crippen LogP contribution is -2.17. The summed E-state index contributed by atoms with van der Waals surface area (Å²) in [5.74, 6) is 0.998. The average molecular weight is 284 g/mol. The van der Waals surface area contributed by atoms with Crippen molar-refractivity contribution >= 4 is 5.69 Å². The highest BCUT2D eigenvalue weighted by Gasteiger charge is 2.20. The molecule has 1 atom stereocenters. The molecule has 2 aromatic rings.